The fourth-order valence-corrected chi connectivity index (χ4v) is 2.31. The number of rotatable bonds is 8. The fourth-order valence-electron chi connectivity index (χ4n) is 2.12. The molecule has 0 aromatic carbocycles. The Morgan fingerprint density at radius 3 is 2.76 bits per heavy atom. The summed E-state index contributed by atoms with van der Waals surface area (Å²) >= 11 is 5.81. The molecule has 0 aliphatic carbocycles. The number of pyridine rings is 1. The van der Waals surface area contributed by atoms with Crippen molar-refractivity contribution in [3.63, 3.8) is 0 Å². The first-order valence-corrected chi connectivity index (χ1v) is 7.70. The Bertz CT molecular complexity index is 466. The summed E-state index contributed by atoms with van der Waals surface area (Å²) < 4.78 is 13.1. The van der Waals surface area contributed by atoms with E-state index in [0.717, 1.165) is 44.7 Å². The Balaban J connectivity index is 2.45. The van der Waals surface area contributed by atoms with E-state index >= 15 is 0 Å². The third kappa shape index (κ3) is 5.98. The maximum atomic E-state index is 13.1. The molecule has 1 heterocycles. The third-order valence-corrected chi connectivity index (χ3v) is 3.73. The van der Waals surface area contributed by atoms with Crippen LogP contribution in [-0.2, 0) is 0 Å². The van der Waals surface area contributed by atoms with Gasteiger partial charge in [0.2, 0.25) is 0 Å². The first-order chi connectivity index (χ1) is 9.97. The second kappa shape index (κ2) is 8.95. The van der Waals surface area contributed by atoms with Gasteiger partial charge in [0.1, 0.15) is 11.0 Å². The van der Waals surface area contributed by atoms with Crippen molar-refractivity contribution in [3.8, 4) is 0 Å². The van der Waals surface area contributed by atoms with Gasteiger partial charge in [0, 0.05) is 6.04 Å². The Hall–Kier alpha value is -1.20. The second-order valence-electron chi connectivity index (χ2n) is 5.04. The van der Waals surface area contributed by atoms with Gasteiger partial charge in [-0.05, 0) is 45.5 Å². The van der Waals surface area contributed by atoms with Gasteiger partial charge >= 0.3 is 0 Å². The van der Waals surface area contributed by atoms with Crippen molar-refractivity contribution in [3.05, 3.63) is 28.8 Å². The van der Waals surface area contributed by atoms with E-state index in [0.29, 0.717) is 0 Å². The molecule has 1 unspecified atom stereocenters. The summed E-state index contributed by atoms with van der Waals surface area (Å²) in [6.07, 6.45) is 2.85. The molecule has 6 heteroatoms. The van der Waals surface area contributed by atoms with E-state index in [-0.39, 0.29) is 22.7 Å². The lowest BCUT2D eigenvalue weighted by Gasteiger charge is -2.19. The van der Waals surface area contributed by atoms with Crippen molar-refractivity contribution in [1.29, 1.82) is 0 Å². The number of carbonyl (C=O) groups excluding carboxylic acids is 1. The van der Waals surface area contributed by atoms with Crippen molar-refractivity contribution in [2.45, 2.75) is 39.7 Å². The smallest absolute Gasteiger partial charge is 0.254 e. The molecule has 4 nitrogen and oxygen atoms in total. The van der Waals surface area contributed by atoms with Crippen LogP contribution in [0.5, 0.6) is 0 Å². The highest BCUT2D eigenvalue weighted by molar-refractivity contribution is 6.32. The molecule has 1 rings (SSSR count). The van der Waals surface area contributed by atoms with Crippen LogP contribution in [0.15, 0.2) is 12.3 Å². The monoisotopic (exact) mass is 315 g/mol. The van der Waals surface area contributed by atoms with Gasteiger partial charge in [-0.3, -0.25) is 4.79 Å². The maximum absolute atomic E-state index is 13.1. The zero-order valence-electron chi connectivity index (χ0n) is 12.8. The molecule has 118 valence electrons. The summed E-state index contributed by atoms with van der Waals surface area (Å²) in [5.41, 5.74) is 0.0762. The second-order valence-corrected chi connectivity index (χ2v) is 5.39. The number of halogens is 2. The van der Waals surface area contributed by atoms with Crippen molar-refractivity contribution in [1.82, 2.24) is 15.2 Å². The fraction of sp³-hybridized carbons (Fsp3) is 0.600. The highest BCUT2D eigenvalue weighted by Gasteiger charge is 2.15. The third-order valence-electron chi connectivity index (χ3n) is 3.43. The largest absolute Gasteiger partial charge is 0.349 e. The molecule has 0 radical (unpaired) electrons. The van der Waals surface area contributed by atoms with Crippen LogP contribution in [0.3, 0.4) is 0 Å². The molecule has 21 heavy (non-hydrogen) atoms. The molecular formula is C15H23ClFN3O. The summed E-state index contributed by atoms with van der Waals surface area (Å²) in [6.45, 7) is 9.27. The van der Waals surface area contributed by atoms with E-state index in [9.17, 15) is 9.18 Å². The molecule has 0 saturated heterocycles. The Labute approximate surface area is 130 Å². The van der Waals surface area contributed by atoms with Crippen LogP contribution in [0.25, 0.3) is 0 Å². The van der Waals surface area contributed by atoms with E-state index < -0.39 is 5.82 Å². The topological polar surface area (TPSA) is 45.2 Å². The van der Waals surface area contributed by atoms with Crippen LogP contribution in [0.4, 0.5) is 4.39 Å². The van der Waals surface area contributed by atoms with Gasteiger partial charge in [0.05, 0.1) is 11.8 Å². The van der Waals surface area contributed by atoms with Crippen LogP contribution in [-0.4, -0.2) is 41.5 Å². The summed E-state index contributed by atoms with van der Waals surface area (Å²) in [7, 11) is 0. The van der Waals surface area contributed by atoms with E-state index in [1.54, 1.807) is 0 Å². The van der Waals surface area contributed by atoms with Gasteiger partial charge in [-0.2, -0.15) is 0 Å². The summed E-state index contributed by atoms with van der Waals surface area (Å²) in [5.74, 6) is -0.957. The van der Waals surface area contributed by atoms with Gasteiger partial charge in [-0.15, -0.1) is 0 Å². The predicted octanol–water partition coefficient (Wildman–Crippen LogP) is 3.11. The lowest BCUT2D eigenvalue weighted by atomic mass is 10.1. The SMILES string of the molecule is CCN(CC)CCCC(C)NC(=O)c1cc(F)cnc1Cl. The number of nitrogens with zero attached hydrogens (tertiary/aromatic N) is 2. The number of aromatic nitrogens is 1. The quantitative estimate of drug-likeness (QED) is 0.750. The van der Waals surface area contributed by atoms with E-state index in [2.05, 4.69) is 29.0 Å². The molecule has 0 saturated carbocycles. The minimum Gasteiger partial charge on any atom is -0.349 e. The number of nitrogens with one attached hydrogen (secondary N) is 1. The number of hydrogen-bond donors (Lipinski definition) is 1. The molecule has 0 aliphatic heterocycles. The van der Waals surface area contributed by atoms with Crippen LogP contribution in [0, 0.1) is 5.82 Å². The Morgan fingerprint density at radius 2 is 2.14 bits per heavy atom. The molecular weight excluding hydrogens is 293 g/mol. The minimum atomic E-state index is -0.571. The van der Waals surface area contributed by atoms with E-state index in [1.165, 1.54) is 0 Å². The van der Waals surface area contributed by atoms with Crippen molar-refractivity contribution in [2.75, 3.05) is 19.6 Å². The van der Waals surface area contributed by atoms with Gasteiger partial charge in [0.15, 0.2) is 0 Å². The normalized spacial score (nSPS) is 12.5. The average molecular weight is 316 g/mol. The van der Waals surface area contributed by atoms with Gasteiger partial charge in [-0.25, -0.2) is 9.37 Å². The molecule has 1 atom stereocenters. The summed E-state index contributed by atoms with van der Waals surface area (Å²) in [4.78, 5) is 18.0. The molecule has 0 bridgehead atoms. The standard InChI is InChI=1S/C15H23ClFN3O/c1-4-20(5-2)8-6-7-11(3)19-15(21)13-9-12(17)10-18-14(13)16/h9-11H,4-8H2,1-3H3,(H,19,21). The van der Waals surface area contributed by atoms with Gasteiger partial charge < -0.3 is 10.2 Å². The van der Waals surface area contributed by atoms with Crippen LogP contribution in [0.1, 0.15) is 44.0 Å². The Kier molecular flexibility index (Phi) is 7.61. The first-order valence-electron chi connectivity index (χ1n) is 7.32. The number of hydrogen-bond acceptors (Lipinski definition) is 3. The van der Waals surface area contributed by atoms with E-state index in [1.807, 2.05) is 6.92 Å². The molecule has 0 fully saturated rings. The molecule has 1 aromatic rings. The van der Waals surface area contributed by atoms with Gasteiger partial charge in [-0.1, -0.05) is 25.4 Å². The number of amides is 1. The van der Waals surface area contributed by atoms with Crippen LogP contribution >= 0.6 is 11.6 Å². The van der Waals surface area contributed by atoms with Crippen LogP contribution < -0.4 is 5.32 Å². The van der Waals surface area contributed by atoms with Crippen molar-refractivity contribution in [2.24, 2.45) is 0 Å². The predicted molar refractivity (Wildman–Crippen MR) is 83.2 cm³/mol. The Morgan fingerprint density at radius 1 is 1.48 bits per heavy atom. The molecule has 1 N–H and O–H groups in total. The number of carbonyl (C=O) groups is 1. The molecule has 0 aliphatic rings. The zero-order chi connectivity index (χ0) is 15.8. The molecule has 1 aromatic heterocycles. The zero-order valence-corrected chi connectivity index (χ0v) is 13.6. The molecule has 0 spiro atoms. The van der Waals surface area contributed by atoms with E-state index in [4.69, 9.17) is 11.6 Å². The van der Waals surface area contributed by atoms with Gasteiger partial charge in [0.25, 0.3) is 5.91 Å². The minimum absolute atomic E-state index is 0.00685. The highest BCUT2D eigenvalue weighted by atomic mass is 35.5. The summed E-state index contributed by atoms with van der Waals surface area (Å²) in [5, 5.41) is 2.84. The highest BCUT2D eigenvalue weighted by Crippen LogP contribution is 2.14. The average Bonchev–Trinajstić information content (AvgIpc) is 2.46. The van der Waals surface area contributed by atoms with Crippen molar-refractivity contribution >= 4 is 17.5 Å². The maximum Gasteiger partial charge on any atom is 0.254 e. The van der Waals surface area contributed by atoms with Crippen LogP contribution in [0.2, 0.25) is 5.15 Å². The lowest BCUT2D eigenvalue weighted by molar-refractivity contribution is 0.0936. The summed E-state index contributed by atoms with van der Waals surface area (Å²) in [6, 6.07) is 1.11. The van der Waals surface area contributed by atoms with Crippen molar-refractivity contribution < 1.29 is 9.18 Å². The first kappa shape index (κ1) is 17.9. The molecule has 1 amide bonds. The lowest BCUT2D eigenvalue weighted by Crippen LogP contribution is -2.34.